The van der Waals surface area contributed by atoms with E-state index in [9.17, 15) is 13.2 Å². The molecule has 0 bridgehead atoms. The number of methoxy groups -OCH3 is 1. The molecule has 1 N–H and O–H groups in total. The predicted octanol–water partition coefficient (Wildman–Crippen LogP) is 3.19. The molecular formula is C21H28N2O4S. The number of ether oxygens (including phenoxy) is 1. The SMILES string of the molecule is CCC[C@H](C)NC(=O)CN(Cc1ccccc1)S(=O)(=O)c1ccc(OC)cc1. The van der Waals surface area contributed by atoms with E-state index in [1.54, 1.807) is 12.1 Å². The van der Waals surface area contributed by atoms with Crippen LogP contribution in [0.3, 0.4) is 0 Å². The fourth-order valence-corrected chi connectivity index (χ4v) is 4.28. The van der Waals surface area contributed by atoms with Crippen molar-refractivity contribution in [1.29, 1.82) is 0 Å². The first kappa shape index (κ1) is 21.9. The molecule has 28 heavy (non-hydrogen) atoms. The molecule has 0 aliphatic carbocycles. The predicted molar refractivity (Wildman–Crippen MR) is 110 cm³/mol. The van der Waals surface area contributed by atoms with Gasteiger partial charge in [-0.2, -0.15) is 4.31 Å². The van der Waals surface area contributed by atoms with Gasteiger partial charge in [-0.05, 0) is 43.2 Å². The molecule has 1 atom stereocenters. The molecule has 152 valence electrons. The minimum atomic E-state index is -3.85. The van der Waals surface area contributed by atoms with Crippen LogP contribution in [-0.4, -0.2) is 38.3 Å². The molecule has 0 heterocycles. The smallest absolute Gasteiger partial charge is 0.243 e. The van der Waals surface area contributed by atoms with Crippen LogP contribution in [0.1, 0.15) is 32.3 Å². The van der Waals surface area contributed by atoms with Gasteiger partial charge in [-0.15, -0.1) is 0 Å². The van der Waals surface area contributed by atoms with Crippen molar-refractivity contribution in [3.8, 4) is 5.75 Å². The highest BCUT2D eigenvalue weighted by molar-refractivity contribution is 7.89. The standard InChI is InChI=1S/C21H28N2O4S/c1-4-8-17(2)22-21(24)16-23(15-18-9-6-5-7-10-18)28(25,26)20-13-11-19(27-3)12-14-20/h5-7,9-14,17H,4,8,15-16H2,1-3H3,(H,22,24)/t17-/m0/s1. The van der Waals surface area contributed by atoms with Crippen LogP contribution in [-0.2, 0) is 21.4 Å². The van der Waals surface area contributed by atoms with Crippen molar-refractivity contribution in [2.45, 2.75) is 44.2 Å². The van der Waals surface area contributed by atoms with Crippen molar-refractivity contribution in [3.63, 3.8) is 0 Å². The third kappa shape index (κ3) is 6.07. The number of sulfonamides is 1. The molecule has 0 spiro atoms. The Kier molecular flexibility index (Phi) is 8.02. The van der Waals surface area contributed by atoms with Gasteiger partial charge < -0.3 is 10.1 Å². The summed E-state index contributed by atoms with van der Waals surface area (Å²) < 4.78 is 32.7. The summed E-state index contributed by atoms with van der Waals surface area (Å²) in [4.78, 5) is 12.6. The van der Waals surface area contributed by atoms with Crippen molar-refractivity contribution in [2.24, 2.45) is 0 Å². The zero-order valence-electron chi connectivity index (χ0n) is 16.6. The van der Waals surface area contributed by atoms with Gasteiger partial charge in [0.05, 0.1) is 18.6 Å². The number of benzene rings is 2. The fraction of sp³-hybridized carbons (Fsp3) is 0.381. The highest BCUT2D eigenvalue weighted by Crippen LogP contribution is 2.21. The van der Waals surface area contributed by atoms with Crippen LogP contribution in [0, 0.1) is 0 Å². The number of nitrogens with one attached hydrogen (secondary N) is 1. The number of carbonyl (C=O) groups excluding carboxylic acids is 1. The molecule has 0 aliphatic rings. The molecule has 0 unspecified atom stereocenters. The van der Waals surface area contributed by atoms with E-state index in [1.165, 1.54) is 23.5 Å². The number of nitrogens with zero attached hydrogens (tertiary/aromatic N) is 1. The summed E-state index contributed by atoms with van der Waals surface area (Å²) >= 11 is 0. The maximum Gasteiger partial charge on any atom is 0.243 e. The molecule has 0 radical (unpaired) electrons. The molecule has 7 heteroatoms. The van der Waals surface area contributed by atoms with Gasteiger partial charge in [-0.3, -0.25) is 4.79 Å². The number of amides is 1. The van der Waals surface area contributed by atoms with E-state index >= 15 is 0 Å². The van der Waals surface area contributed by atoms with Crippen LogP contribution in [0.2, 0.25) is 0 Å². The van der Waals surface area contributed by atoms with Crippen LogP contribution in [0.25, 0.3) is 0 Å². The minimum absolute atomic E-state index is 0.000217. The topological polar surface area (TPSA) is 75.7 Å². The van der Waals surface area contributed by atoms with Crippen molar-refractivity contribution in [1.82, 2.24) is 9.62 Å². The zero-order valence-corrected chi connectivity index (χ0v) is 17.4. The highest BCUT2D eigenvalue weighted by Gasteiger charge is 2.27. The summed E-state index contributed by atoms with van der Waals surface area (Å²) in [7, 11) is -2.33. The average Bonchev–Trinajstić information content (AvgIpc) is 2.68. The summed E-state index contributed by atoms with van der Waals surface area (Å²) in [6, 6.07) is 15.4. The summed E-state index contributed by atoms with van der Waals surface area (Å²) in [5.41, 5.74) is 0.814. The molecule has 0 saturated heterocycles. The monoisotopic (exact) mass is 404 g/mol. The highest BCUT2D eigenvalue weighted by atomic mass is 32.2. The lowest BCUT2D eigenvalue weighted by Crippen LogP contribution is -2.43. The van der Waals surface area contributed by atoms with E-state index in [2.05, 4.69) is 5.32 Å². The average molecular weight is 405 g/mol. The van der Waals surface area contributed by atoms with Crippen LogP contribution in [0.5, 0.6) is 5.75 Å². The van der Waals surface area contributed by atoms with Gasteiger partial charge in [-0.25, -0.2) is 8.42 Å². The first-order valence-electron chi connectivity index (χ1n) is 9.34. The van der Waals surface area contributed by atoms with E-state index in [0.29, 0.717) is 5.75 Å². The first-order valence-corrected chi connectivity index (χ1v) is 10.8. The van der Waals surface area contributed by atoms with E-state index in [4.69, 9.17) is 4.74 Å². The summed E-state index contributed by atoms with van der Waals surface area (Å²) in [5.74, 6) is 0.258. The molecule has 2 aromatic carbocycles. The molecular weight excluding hydrogens is 376 g/mol. The Morgan fingerprint density at radius 2 is 1.75 bits per heavy atom. The minimum Gasteiger partial charge on any atom is -0.497 e. The molecule has 2 rings (SSSR count). The first-order chi connectivity index (χ1) is 13.4. The quantitative estimate of drug-likeness (QED) is 0.660. The Hall–Kier alpha value is -2.38. The van der Waals surface area contributed by atoms with Crippen LogP contribution < -0.4 is 10.1 Å². The van der Waals surface area contributed by atoms with Gasteiger partial charge in [0.15, 0.2) is 0 Å². The maximum absolute atomic E-state index is 13.2. The van der Waals surface area contributed by atoms with E-state index < -0.39 is 10.0 Å². The van der Waals surface area contributed by atoms with Crippen molar-refractivity contribution in [2.75, 3.05) is 13.7 Å². The number of carbonyl (C=O) groups is 1. The Morgan fingerprint density at radius 1 is 1.11 bits per heavy atom. The molecule has 0 aromatic heterocycles. The van der Waals surface area contributed by atoms with Gasteiger partial charge in [0, 0.05) is 12.6 Å². The van der Waals surface area contributed by atoms with Gasteiger partial charge in [0.25, 0.3) is 0 Å². The lowest BCUT2D eigenvalue weighted by molar-refractivity contribution is -0.122. The number of hydrogen-bond acceptors (Lipinski definition) is 4. The molecule has 0 fully saturated rings. The van der Waals surface area contributed by atoms with Crippen molar-refractivity contribution in [3.05, 3.63) is 60.2 Å². The number of rotatable bonds is 10. The normalized spacial score (nSPS) is 12.6. The Labute approximate surface area is 167 Å². The fourth-order valence-electron chi connectivity index (χ4n) is 2.90. The Morgan fingerprint density at radius 3 is 2.32 bits per heavy atom. The lowest BCUT2D eigenvalue weighted by Gasteiger charge is -2.23. The van der Waals surface area contributed by atoms with Crippen molar-refractivity contribution < 1.29 is 17.9 Å². The summed E-state index contributed by atoms with van der Waals surface area (Å²) in [5, 5.41) is 2.87. The third-order valence-corrected chi connectivity index (χ3v) is 6.15. The maximum atomic E-state index is 13.2. The largest absolute Gasteiger partial charge is 0.497 e. The van der Waals surface area contributed by atoms with Gasteiger partial charge in [0.2, 0.25) is 15.9 Å². The van der Waals surface area contributed by atoms with Gasteiger partial charge in [-0.1, -0.05) is 43.7 Å². The van der Waals surface area contributed by atoms with Gasteiger partial charge >= 0.3 is 0 Å². The van der Waals surface area contributed by atoms with Crippen LogP contribution in [0.15, 0.2) is 59.5 Å². The summed E-state index contributed by atoms with van der Waals surface area (Å²) in [6.45, 7) is 3.83. The van der Waals surface area contributed by atoms with Crippen LogP contribution >= 0.6 is 0 Å². The lowest BCUT2D eigenvalue weighted by atomic mass is 10.2. The molecule has 0 saturated carbocycles. The second kappa shape index (κ2) is 10.2. The van der Waals surface area contributed by atoms with E-state index in [0.717, 1.165) is 18.4 Å². The van der Waals surface area contributed by atoms with Crippen molar-refractivity contribution >= 4 is 15.9 Å². The number of hydrogen-bond donors (Lipinski definition) is 1. The second-order valence-corrected chi connectivity index (χ2v) is 8.63. The van der Waals surface area contributed by atoms with E-state index in [1.807, 2.05) is 44.2 Å². The van der Waals surface area contributed by atoms with E-state index in [-0.39, 0.29) is 29.9 Å². The van der Waals surface area contributed by atoms with Gasteiger partial charge in [0.1, 0.15) is 5.75 Å². The molecule has 0 aliphatic heterocycles. The molecule has 6 nitrogen and oxygen atoms in total. The Balaban J connectivity index is 2.26. The Bertz CT molecular complexity index is 852. The molecule has 2 aromatic rings. The third-order valence-electron chi connectivity index (χ3n) is 4.35. The van der Waals surface area contributed by atoms with Crippen LogP contribution in [0.4, 0.5) is 0 Å². The zero-order chi connectivity index (χ0) is 20.6. The second-order valence-electron chi connectivity index (χ2n) is 6.69. The summed E-state index contributed by atoms with van der Waals surface area (Å²) in [6.07, 6.45) is 1.79. The molecule has 1 amide bonds.